The van der Waals surface area contributed by atoms with Gasteiger partial charge in [0, 0.05) is 17.9 Å². The number of nitrogens with one attached hydrogen (secondary N) is 2. The van der Waals surface area contributed by atoms with Gasteiger partial charge in [0.2, 0.25) is 0 Å². The Morgan fingerprint density at radius 2 is 2.13 bits per heavy atom. The van der Waals surface area contributed by atoms with E-state index in [1.54, 1.807) is 11.3 Å². The number of thiophene rings is 1. The van der Waals surface area contributed by atoms with Crippen LogP contribution in [0.5, 0.6) is 0 Å². The maximum atomic E-state index is 12.2. The molecule has 0 saturated carbocycles. The van der Waals surface area contributed by atoms with Gasteiger partial charge in [-0.3, -0.25) is 4.79 Å². The van der Waals surface area contributed by atoms with Gasteiger partial charge in [0.05, 0.1) is 10.5 Å². The monoisotopic (exact) mass is 328 g/mol. The third-order valence-corrected chi connectivity index (χ3v) is 4.79. The Morgan fingerprint density at radius 1 is 1.35 bits per heavy atom. The Balaban J connectivity index is 2.01. The summed E-state index contributed by atoms with van der Waals surface area (Å²) in [4.78, 5) is 18.7. The molecule has 23 heavy (non-hydrogen) atoms. The van der Waals surface area contributed by atoms with Crippen LogP contribution in [-0.2, 0) is 11.3 Å². The van der Waals surface area contributed by atoms with E-state index in [9.17, 15) is 4.79 Å². The minimum Gasteiger partial charge on any atom is -0.359 e. The average Bonchev–Trinajstić information content (AvgIpc) is 3.18. The zero-order valence-electron chi connectivity index (χ0n) is 13.7. The molecule has 1 amide bonds. The van der Waals surface area contributed by atoms with Gasteiger partial charge >= 0.3 is 0 Å². The average molecular weight is 328 g/mol. The zero-order chi connectivity index (χ0) is 16.6. The van der Waals surface area contributed by atoms with Crippen molar-refractivity contribution >= 4 is 29.0 Å². The van der Waals surface area contributed by atoms with E-state index in [-0.39, 0.29) is 5.91 Å². The summed E-state index contributed by atoms with van der Waals surface area (Å²) in [6.07, 6.45) is 1.91. The fourth-order valence-electron chi connectivity index (χ4n) is 2.73. The highest BCUT2D eigenvalue weighted by molar-refractivity contribution is 7.12. The smallest absolute Gasteiger partial charge is 0.273 e. The Morgan fingerprint density at radius 3 is 2.78 bits per heavy atom. The molecule has 6 heteroatoms. The van der Waals surface area contributed by atoms with Crippen molar-refractivity contribution in [1.29, 1.82) is 0 Å². The molecule has 0 aliphatic carbocycles. The van der Waals surface area contributed by atoms with Crippen molar-refractivity contribution in [2.45, 2.75) is 20.4 Å². The van der Waals surface area contributed by atoms with Crippen LogP contribution in [0.2, 0.25) is 0 Å². The summed E-state index contributed by atoms with van der Waals surface area (Å²) in [7, 11) is 4.10. The van der Waals surface area contributed by atoms with Crippen LogP contribution in [0, 0.1) is 13.8 Å². The lowest BCUT2D eigenvalue weighted by Gasteiger charge is -2.10. The van der Waals surface area contributed by atoms with Crippen LogP contribution in [0.1, 0.15) is 27.4 Å². The largest absolute Gasteiger partial charge is 0.359 e. The SMILES string of the molecule is Cc1[nH]c(C=C2C(=O)NN=C2c2cccs2)c(C)c1CN(C)C. The molecule has 1 aliphatic heterocycles. The van der Waals surface area contributed by atoms with Crippen LogP contribution in [0.15, 0.2) is 28.2 Å². The number of hydrogen-bond donors (Lipinski definition) is 2. The molecular weight excluding hydrogens is 308 g/mol. The third kappa shape index (κ3) is 3.00. The van der Waals surface area contributed by atoms with Crippen LogP contribution in [0.3, 0.4) is 0 Å². The molecule has 2 N–H and O–H groups in total. The fraction of sp³-hybridized carbons (Fsp3) is 0.294. The Bertz CT molecular complexity index is 797. The van der Waals surface area contributed by atoms with Crippen molar-refractivity contribution in [1.82, 2.24) is 15.3 Å². The predicted molar refractivity (Wildman–Crippen MR) is 94.6 cm³/mol. The van der Waals surface area contributed by atoms with Gasteiger partial charge < -0.3 is 9.88 Å². The van der Waals surface area contributed by atoms with Crippen LogP contribution >= 0.6 is 11.3 Å². The number of nitrogens with zero attached hydrogens (tertiary/aromatic N) is 2. The topological polar surface area (TPSA) is 60.5 Å². The van der Waals surface area contributed by atoms with Crippen molar-refractivity contribution in [3.05, 3.63) is 50.5 Å². The van der Waals surface area contributed by atoms with E-state index in [1.165, 1.54) is 11.1 Å². The lowest BCUT2D eigenvalue weighted by atomic mass is 10.0. The summed E-state index contributed by atoms with van der Waals surface area (Å²) < 4.78 is 0. The van der Waals surface area contributed by atoms with Crippen molar-refractivity contribution in [2.24, 2.45) is 5.10 Å². The summed E-state index contributed by atoms with van der Waals surface area (Å²) >= 11 is 1.58. The molecule has 2 aromatic rings. The van der Waals surface area contributed by atoms with Gasteiger partial charge in [-0.15, -0.1) is 11.3 Å². The summed E-state index contributed by atoms with van der Waals surface area (Å²) in [6, 6.07) is 3.93. The summed E-state index contributed by atoms with van der Waals surface area (Å²) in [5.74, 6) is -0.158. The highest BCUT2D eigenvalue weighted by Crippen LogP contribution is 2.25. The number of hydrazone groups is 1. The third-order valence-electron chi connectivity index (χ3n) is 3.92. The second-order valence-corrected chi connectivity index (χ2v) is 6.89. The molecule has 2 aromatic heterocycles. The Hall–Kier alpha value is -2.18. The molecule has 0 spiro atoms. The first kappa shape index (κ1) is 15.7. The quantitative estimate of drug-likeness (QED) is 0.848. The fourth-order valence-corrected chi connectivity index (χ4v) is 3.45. The van der Waals surface area contributed by atoms with E-state index in [1.807, 2.05) is 23.6 Å². The maximum Gasteiger partial charge on any atom is 0.273 e. The van der Waals surface area contributed by atoms with Crippen LogP contribution in [-0.4, -0.2) is 35.6 Å². The molecular formula is C17H20N4OS. The first-order valence-electron chi connectivity index (χ1n) is 7.44. The van der Waals surface area contributed by atoms with Gasteiger partial charge in [0.15, 0.2) is 0 Å². The number of hydrogen-bond acceptors (Lipinski definition) is 4. The van der Waals surface area contributed by atoms with Gasteiger partial charge in [0.25, 0.3) is 5.91 Å². The summed E-state index contributed by atoms with van der Waals surface area (Å²) in [6.45, 7) is 5.02. The van der Waals surface area contributed by atoms with E-state index in [0.29, 0.717) is 11.3 Å². The number of amides is 1. The van der Waals surface area contributed by atoms with Crippen LogP contribution < -0.4 is 5.43 Å². The van der Waals surface area contributed by atoms with Gasteiger partial charge in [-0.25, -0.2) is 5.43 Å². The molecule has 0 bridgehead atoms. The highest BCUT2D eigenvalue weighted by atomic mass is 32.1. The van der Waals surface area contributed by atoms with Gasteiger partial charge in [-0.1, -0.05) is 6.07 Å². The van der Waals surface area contributed by atoms with Gasteiger partial charge in [-0.05, 0) is 56.6 Å². The first-order valence-corrected chi connectivity index (χ1v) is 8.32. The normalized spacial score (nSPS) is 16.3. The molecule has 3 rings (SSSR count). The molecule has 0 atom stereocenters. The molecule has 0 saturated heterocycles. The van der Waals surface area contributed by atoms with Gasteiger partial charge in [0.1, 0.15) is 5.71 Å². The molecule has 120 valence electrons. The van der Waals surface area contributed by atoms with E-state index in [2.05, 4.69) is 48.4 Å². The highest BCUT2D eigenvalue weighted by Gasteiger charge is 2.25. The first-order chi connectivity index (χ1) is 11.0. The lowest BCUT2D eigenvalue weighted by molar-refractivity contribution is -0.116. The van der Waals surface area contributed by atoms with Crippen molar-refractivity contribution in [2.75, 3.05) is 14.1 Å². The second kappa shape index (κ2) is 6.14. The number of rotatable bonds is 4. The van der Waals surface area contributed by atoms with Crippen LogP contribution in [0.25, 0.3) is 6.08 Å². The number of carbonyl (C=O) groups excluding carboxylic acids is 1. The molecule has 5 nitrogen and oxygen atoms in total. The zero-order valence-corrected chi connectivity index (χ0v) is 14.5. The lowest BCUT2D eigenvalue weighted by Crippen LogP contribution is -2.13. The number of aryl methyl sites for hydroxylation is 1. The van der Waals surface area contributed by atoms with Gasteiger partial charge in [-0.2, -0.15) is 5.10 Å². The van der Waals surface area contributed by atoms with E-state index in [0.717, 1.165) is 22.8 Å². The minimum absolute atomic E-state index is 0.158. The van der Waals surface area contributed by atoms with E-state index < -0.39 is 0 Å². The van der Waals surface area contributed by atoms with Crippen molar-refractivity contribution in [3.8, 4) is 0 Å². The van der Waals surface area contributed by atoms with Crippen molar-refractivity contribution in [3.63, 3.8) is 0 Å². The molecule has 0 unspecified atom stereocenters. The molecule has 0 fully saturated rings. The van der Waals surface area contributed by atoms with Crippen molar-refractivity contribution < 1.29 is 4.79 Å². The Labute approximate surface area is 139 Å². The second-order valence-electron chi connectivity index (χ2n) is 5.94. The molecule has 1 aliphatic rings. The summed E-state index contributed by atoms with van der Waals surface area (Å²) in [5, 5.41) is 6.16. The summed E-state index contributed by atoms with van der Waals surface area (Å²) in [5.41, 5.74) is 8.44. The maximum absolute atomic E-state index is 12.2. The number of aromatic amines is 1. The molecule has 0 aromatic carbocycles. The molecule has 3 heterocycles. The molecule has 0 radical (unpaired) electrons. The minimum atomic E-state index is -0.158. The van der Waals surface area contributed by atoms with E-state index in [4.69, 9.17) is 0 Å². The standard InChI is InChI=1S/C17H20N4OS/c1-10-13(9-21(3)4)11(2)18-14(10)8-12-16(19-20-17(12)22)15-6-5-7-23-15/h5-8,18H,9H2,1-4H3,(H,20,22). The van der Waals surface area contributed by atoms with E-state index >= 15 is 0 Å². The van der Waals surface area contributed by atoms with Crippen LogP contribution in [0.4, 0.5) is 0 Å². The predicted octanol–water partition coefficient (Wildman–Crippen LogP) is 2.67. The number of H-pyrrole nitrogens is 1. The number of aromatic nitrogens is 1. The number of carbonyl (C=O) groups is 1. The Kier molecular flexibility index (Phi) is 4.19.